The highest BCUT2D eigenvalue weighted by atomic mass is 32.1. The molecule has 1 aromatic carbocycles. The van der Waals surface area contributed by atoms with E-state index in [0.29, 0.717) is 37.0 Å². The minimum atomic E-state index is -0.242. The van der Waals surface area contributed by atoms with Crippen LogP contribution in [0.4, 0.5) is 15.6 Å². The molecule has 0 unspecified atom stereocenters. The van der Waals surface area contributed by atoms with Crippen LogP contribution >= 0.6 is 11.3 Å². The molecule has 0 aliphatic carbocycles. The minimum Gasteiger partial charge on any atom is -0.339 e. The number of aromatic nitrogens is 1. The molecule has 2 aromatic rings. The largest absolute Gasteiger partial charge is 0.339 e. The predicted octanol–water partition coefficient (Wildman–Crippen LogP) is 2.33. The van der Waals surface area contributed by atoms with Crippen molar-refractivity contribution in [2.24, 2.45) is 0 Å². The third-order valence-electron chi connectivity index (χ3n) is 4.45. The Morgan fingerprint density at radius 1 is 1.04 bits per heavy atom. The molecule has 1 saturated heterocycles. The number of anilines is 2. The summed E-state index contributed by atoms with van der Waals surface area (Å²) < 4.78 is 0. The normalized spacial score (nSPS) is 13.9. The van der Waals surface area contributed by atoms with Crippen molar-refractivity contribution in [1.82, 2.24) is 14.8 Å². The average molecular weight is 401 g/mol. The smallest absolute Gasteiger partial charge is 0.323 e. The average Bonchev–Trinajstić information content (AvgIpc) is 3.10. The summed E-state index contributed by atoms with van der Waals surface area (Å²) in [6.45, 7) is 5.56. The van der Waals surface area contributed by atoms with Crippen molar-refractivity contribution in [1.29, 1.82) is 0 Å². The van der Waals surface area contributed by atoms with Gasteiger partial charge in [0.05, 0.1) is 12.1 Å². The molecule has 2 heterocycles. The van der Waals surface area contributed by atoms with Gasteiger partial charge in [0.2, 0.25) is 11.8 Å². The van der Waals surface area contributed by atoms with Gasteiger partial charge >= 0.3 is 6.03 Å². The van der Waals surface area contributed by atoms with E-state index in [-0.39, 0.29) is 24.3 Å². The van der Waals surface area contributed by atoms with Crippen LogP contribution < -0.4 is 10.6 Å². The highest BCUT2D eigenvalue weighted by molar-refractivity contribution is 7.13. The zero-order chi connectivity index (χ0) is 20.1. The summed E-state index contributed by atoms with van der Waals surface area (Å²) in [4.78, 5) is 43.5. The lowest BCUT2D eigenvalue weighted by atomic mass is 10.2. The van der Waals surface area contributed by atoms with Gasteiger partial charge in [-0.2, -0.15) is 0 Å². The molecule has 1 aromatic heterocycles. The molecule has 0 atom stereocenters. The van der Waals surface area contributed by atoms with E-state index < -0.39 is 0 Å². The first-order valence-electron chi connectivity index (χ1n) is 9.03. The maximum Gasteiger partial charge on any atom is 0.323 e. The van der Waals surface area contributed by atoms with Gasteiger partial charge in [-0.05, 0) is 19.1 Å². The number of amides is 4. The van der Waals surface area contributed by atoms with Crippen LogP contribution in [-0.4, -0.2) is 58.8 Å². The molecule has 1 aliphatic heterocycles. The third-order valence-corrected chi connectivity index (χ3v) is 5.26. The quantitative estimate of drug-likeness (QED) is 0.822. The second-order valence-corrected chi connectivity index (χ2v) is 7.52. The predicted molar refractivity (Wildman–Crippen MR) is 108 cm³/mol. The van der Waals surface area contributed by atoms with Gasteiger partial charge in [-0.15, -0.1) is 11.3 Å². The Morgan fingerprint density at radius 2 is 1.68 bits per heavy atom. The van der Waals surface area contributed by atoms with Crippen molar-refractivity contribution in [3.05, 3.63) is 40.9 Å². The van der Waals surface area contributed by atoms with Crippen molar-refractivity contribution >= 4 is 40.0 Å². The monoisotopic (exact) mass is 401 g/mol. The number of hydrogen-bond acceptors (Lipinski definition) is 5. The number of rotatable bonds is 4. The van der Waals surface area contributed by atoms with Crippen LogP contribution in [-0.2, 0) is 16.0 Å². The summed E-state index contributed by atoms with van der Waals surface area (Å²) >= 11 is 1.28. The Hall–Kier alpha value is -2.94. The number of nitrogens with one attached hydrogen (secondary N) is 2. The van der Waals surface area contributed by atoms with Gasteiger partial charge in [0.1, 0.15) is 0 Å². The van der Waals surface area contributed by atoms with E-state index in [2.05, 4.69) is 15.6 Å². The lowest BCUT2D eigenvalue weighted by molar-refractivity contribution is -0.130. The molecular weight excluding hydrogens is 378 g/mol. The molecule has 1 fully saturated rings. The van der Waals surface area contributed by atoms with E-state index in [4.69, 9.17) is 0 Å². The van der Waals surface area contributed by atoms with E-state index in [1.807, 2.05) is 31.2 Å². The van der Waals surface area contributed by atoms with Crippen LogP contribution in [0.15, 0.2) is 29.6 Å². The molecule has 1 aliphatic rings. The summed E-state index contributed by atoms with van der Waals surface area (Å²) in [5.41, 5.74) is 2.47. The minimum absolute atomic E-state index is 0.0218. The summed E-state index contributed by atoms with van der Waals surface area (Å²) in [6.07, 6.45) is 0.136. The molecule has 9 heteroatoms. The number of carbonyl (C=O) groups excluding carboxylic acids is 3. The Kier molecular flexibility index (Phi) is 6.25. The lowest BCUT2D eigenvalue weighted by Crippen LogP contribution is -2.51. The Morgan fingerprint density at radius 3 is 2.32 bits per heavy atom. The van der Waals surface area contributed by atoms with Crippen molar-refractivity contribution < 1.29 is 14.4 Å². The summed E-state index contributed by atoms with van der Waals surface area (Å²) in [6, 6.07) is 7.33. The summed E-state index contributed by atoms with van der Waals surface area (Å²) in [5.74, 6) is -0.138. The fourth-order valence-electron chi connectivity index (χ4n) is 2.85. The maximum atomic E-state index is 12.3. The van der Waals surface area contributed by atoms with Crippen LogP contribution in [0.5, 0.6) is 0 Å². The maximum absolute atomic E-state index is 12.3. The van der Waals surface area contributed by atoms with Gasteiger partial charge in [0.15, 0.2) is 5.13 Å². The number of thiazole rings is 1. The molecule has 28 heavy (non-hydrogen) atoms. The van der Waals surface area contributed by atoms with Gasteiger partial charge in [-0.1, -0.05) is 17.7 Å². The number of piperazine rings is 1. The third kappa shape index (κ3) is 5.29. The van der Waals surface area contributed by atoms with Crippen molar-refractivity contribution in [3.63, 3.8) is 0 Å². The first-order valence-corrected chi connectivity index (χ1v) is 9.91. The highest BCUT2D eigenvalue weighted by Crippen LogP contribution is 2.17. The fourth-order valence-corrected chi connectivity index (χ4v) is 3.55. The molecule has 3 rings (SSSR count). The van der Waals surface area contributed by atoms with Gasteiger partial charge in [0.25, 0.3) is 0 Å². The highest BCUT2D eigenvalue weighted by Gasteiger charge is 2.23. The zero-order valence-electron chi connectivity index (χ0n) is 15.9. The number of urea groups is 1. The van der Waals surface area contributed by atoms with Crippen LogP contribution in [0.25, 0.3) is 0 Å². The van der Waals surface area contributed by atoms with Gasteiger partial charge in [-0.25, -0.2) is 9.78 Å². The fraction of sp³-hybridized carbons (Fsp3) is 0.368. The first-order chi connectivity index (χ1) is 13.4. The van der Waals surface area contributed by atoms with Crippen LogP contribution in [0, 0.1) is 6.92 Å². The SMILES string of the molecule is CC(=O)N1CCN(C(=O)Nc2nc(CC(=O)Nc3ccc(C)cc3)cs2)CC1. The molecule has 0 saturated carbocycles. The van der Waals surface area contributed by atoms with Crippen molar-refractivity contribution in [2.75, 3.05) is 36.8 Å². The second kappa shape index (κ2) is 8.83. The van der Waals surface area contributed by atoms with Gasteiger partial charge in [-0.3, -0.25) is 14.9 Å². The Balaban J connectivity index is 1.48. The van der Waals surface area contributed by atoms with E-state index in [9.17, 15) is 14.4 Å². The van der Waals surface area contributed by atoms with Crippen LogP contribution in [0.2, 0.25) is 0 Å². The summed E-state index contributed by atoms with van der Waals surface area (Å²) in [7, 11) is 0. The van der Waals surface area contributed by atoms with Crippen LogP contribution in [0.3, 0.4) is 0 Å². The van der Waals surface area contributed by atoms with Crippen molar-refractivity contribution in [3.8, 4) is 0 Å². The number of carbonyl (C=O) groups is 3. The number of hydrogen-bond donors (Lipinski definition) is 2. The number of benzene rings is 1. The Labute approximate surface area is 167 Å². The van der Waals surface area contributed by atoms with Crippen LogP contribution in [0.1, 0.15) is 18.2 Å². The van der Waals surface area contributed by atoms with E-state index in [0.717, 1.165) is 11.3 Å². The molecule has 148 valence electrons. The molecular formula is C19H23N5O3S. The van der Waals surface area contributed by atoms with E-state index >= 15 is 0 Å². The number of aryl methyl sites for hydroxylation is 1. The van der Waals surface area contributed by atoms with E-state index in [1.54, 1.807) is 15.2 Å². The topological polar surface area (TPSA) is 94.6 Å². The molecule has 2 N–H and O–H groups in total. The van der Waals surface area contributed by atoms with Gasteiger partial charge in [0, 0.05) is 44.2 Å². The Bertz CT molecular complexity index is 857. The second-order valence-electron chi connectivity index (χ2n) is 6.66. The van der Waals surface area contributed by atoms with Gasteiger partial charge < -0.3 is 15.1 Å². The molecule has 0 bridgehead atoms. The number of nitrogens with zero attached hydrogens (tertiary/aromatic N) is 3. The molecule has 0 spiro atoms. The van der Waals surface area contributed by atoms with Crippen molar-refractivity contribution in [2.45, 2.75) is 20.3 Å². The summed E-state index contributed by atoms with van der Waals surface area (Å²) in [5, 5.41) is 7.81. The van der Waals surface area contributed by atoms with E-state index in [1.165, 1.54) is 18.3 Å². The molecule has 0 radical (unpaired) electrons. The molecule has 4 amide bonds. The standard InChI is InChI=1S/C19H23N5O3S/c1-13-3-5-15(6-4-13)20-17(26)11-16-12-28-18(21-16)22-19(27)24-9-7-23(8-10-24)14(2)25/h3-6,12H,7-11H2,1-2H3,(H,20,26)(H,21,22,27). The zero-order valence-corrected chi connectivity index (χ0v) is 16.7. The molecule has 8 nitrogen and oxygen atoms in total. The lowest BCUT2D eigenvalue weighted by Gasteiger charge is -2.33. The first kappa shape index (κ1) is 19.8.